The maximum absolute atomic E-state index is 12.4. The van der Waals surface area contributed by atoms with Crippen molar-refractivity contribution in [2.45, 2.75) is 12.6 Å². The lowest BCUT2D eigenvalue weighted by molar-refractivity contribution is 0.0435. The highest BCUT2D eigenvalue weighted by Crippen LogP contribution is 2.33. The first kappa shape index (κ1) is 14.3. The number of rotatable bonds is 3. The highest BCUT2D eigenvalue weighted by atomic mass is 16.2. The van der Waals surface area contributed by atoms with Crippen molar-refractivity contribution in [1.82, 2.24) is 9.80 Å². The third-order valence-electron chi connectivity index (χ3n) is 4.89. The van der Waals surface area contributed by atoms with Crippen LogP contribution in [0.25, 0.3) is 0 Å². The Labute approximate surface area is 136 Å². The van der Waals surface area contributed by atoms with Crippen molar-refractivity contribution in [1.29, 1.82) is 0 Å². The van der Waals surface area contributed by atoms with Gasteiger partial charge < -0.3 is 10.2 Å². The van der Waals surface area contributed by atoms with Crippen LogP contribution < -0.4 is 5.32 Å². The van der Waals surface area contributed by atoms with Crippen LogP contribution in [0.1, 0.15) is 5.56 Å². The Balaban J connectivity index is 1.34. The van der Waals surface area contributed by atoms with Gasteiger partial charge in [-0.3, -0.25) is 4.90 Å². The van der Waals surface area contributed by atoms with Gasteiger partial charge in [0.2, 0.25) is 0 Å². The molecule has 1 N–H and O–H groups in total. The van der Waals surface area contributed by atoms with Crippen LogP contribution in [0.4, 0.5) is 10.5 Å². The molecule has 4 heteroatoms. The number of likely N-dealkylation sites (tertiary alicyclic amines) is 2. The zero-order chi connectivity index (χ0) is 15.6. The van der Waals surface area contributed by atoms with E-state index in [2.05, 4.69) is 34.5 Å². The van der Waals surface area contributed by atoms with Gasteiger partial charge in [0, 0.05) is 43.8 Å². The van der Waals surface area contributed by atoms with Crippen molar-refractivity contribution in [3.63, 3.8) is 0 Å². The van der Waals surface area contributed by atoms with Crippen LogP contribution in [0.15, 0.2) is 60.7 Å². The van der Waals surface area contributed by atoms with Crippen molar-refractivity contribution in [2.24, 2.45) is 5.92 Å². The van der Waals surface area contributed by atoms with E-state index >= 15 is 0 Å². The minimum atomic E-state index is 0.0188. The third-order valence-corrected chi connectivity index (χ3v) is 4.89. The average Bonchev–Trinajstić information content (AvgIpc) is 2.92. The summed E-state index contributed by atoms with van der Waals surface area (Å²) in [4.78, 5) is 16.8. The minimum absolute atomic E-state index is 0.0188. The Morgan fingerprint density at radius 3 is 2.39 bits per heavy atom. The van der Waals surface area contributed by atoms with Crippen LogP contribution >= 0.6 is 0 Å². The maximum atomic E-state index is 12.4. The normalized spacial score (nSPS) is 23.2. The molecular formula is C19H21N3O. The topological polar surface area (TPSA) is 35.6 Å². The number of para-hydroxylation sites is 1. The van der Waals surface area contributed by atoms with Crippen molar-refractivity contribution in [3.8, 4) is 0 Å². The van der Waals surface area contributed by atoms with Crippen LogP contribution in [-0.4, -0.2) is 41.5 Å². The molecule has 118 valence electrons. The lowest BCUT2D eigenvalue weighted by atomic mass is 9.91. The second-order valence-electron chi connectivity index (χ2n) is 6.44. The van der Waals surface area contributed by atoms with Gasteiger partial charge >= 0.3 is 6.03 Å². The monoisotopic (exact) mass is 307 g/mol. The molecule has 2 fully saturated rings. The van der Waals surface area contributed by atoms with Crippen LogP contribution in [0.2, 0.25) is 0 Å². The molecule has 2 saturated heterocycles. The van der Waals surface area contributed by atoms with Crippen LogP contribution in [0, 0.1) is 5.92 Å². The van der Waals surface area contributed by atoms with Gasteiger partial charge in [-0.25, -0.2) is 4.79 Å². The van der Waals surface area contributed by atoms with Crippen LogP contribution in [0.3, 0.4) is 0 Å². The van der Waals surface area contributed by atoms with Crippen molar-refractivity contribution >= 4 is 11.7 Å². The van der Waals surface area contributed by atoms with Crippen molar-refractivity contribution in [3.05, 3.63) is 66.2 Å². The number of benzene rings is 2. The third kappa shape index (κ3) is 2.94. The SMILES string of the molecule is O=C(Nc1ccccc1)N1CC2CN(Cc3ccccc3)C2C1. The summed E-state index contributed by atoms with van der Waals surface area (Å²) >= 11 is 0. The summed E-state index contributed by atoms with van der Waals surface area (Å²) in [5.41, 5.74) is 2.20. The molecule has 4 nitrogen and oxygen atoms in total. The fraction of sp³-hybridized carbons (Fsp3) is 0.316. The number of fused-ring (bicyclic) bond motifs is 1. The quantitative estimate of drug-likeness (QED) is 0.946. The number of nitrogens with one attached hydrogen (secondary N) is 1. The van der Waals surface area contributed by atoms with Crippen molar-refractivity contribution < 1.29 is 4.79 Å². The number of hydrogen-bond acceptors (Lipinski definition) is 2. The molecule has 0 aliphatic carbocycles. The molecule has 23 heavy (non-hydrogen) atoms. The van der Waals surface area contributed by atoms with E-state index in [9.17, 15) is 4.79 Å². The standard InChI is InChI=1S/C19H21N3O/c23-19(20-17-9-5-2-6-10-17)22-13-16-12-21(18(16)14-22)11-15-7-3-1-4-8-15/h1-10,16,18H,11-14H2,(H,20,23). The highest BCUT2D eigenvalue weighted by Gasteiger charge is 2.46. The molecule has 0 radical (unpaired) electrons. The van der Waals surface area contributed by atoms with Gasteiger partial charge in [0.1, 0.15) is 0 Å². The molecule has 2 heterocycles. The summed E-state index contributed by atoms with van der Waals surface area (Å²) in [7, 11) is 0. The van der Waals surface area contributed by atoms with Crippen LogP contribution in [0.5, 0.6) is 0 Å². The van der Waals surface area contributed by atoms with Gasteiger partial charge in [0.15, 0.2) is 0 Å². The van der Waals surface area contributed by atoms with E-state index in [-0.39, 0.29) is 6.03 Å². The zero-order valence-electron chi connectivity index (χ0n) is 13.1. The Morgan fingerprint density at radius 1 is 0.957 bits per heavy atom. The molecule has 2 unspecified atom stereocenters. The molecule has 2 aliphatic heterocycles. The fourth-order valence-electron chi connectivity index (χ4n) is 3.64. The molecule has 2 aliphatic rings. The van der Waals surface area contributed by atoms with E-state index in [0.717, 1.165) is 31.9 Å². The summed E-state index contributed by atoms with van der Waals surface area (Å²) in [5, 5.41) is 2.99. The Kier molecular flexibility index (Phi) is 3.75. The summed E-state index contributed by atoms with van der Waals surface area (Å²) in [6.07, 6.45) is 0. The molecule has 2 atom stereocenters. The molecule has 2 aromatic carbocycles. The lowest BCUT2D eigenvalue weighted by Gasteiger charge is -2.43. The molecule has 2 aromatic rings. The van der Waals surface area contributed by atoms with Gasteiger partial charge in [-0.05, 0) is 17.7 Å². The first-order valence-corrected chi connectivity index (χ1v) is 8.18. The zero-order valence-corrected chi connectivity index (χ0v) is 13.1. The number of anilines is 1. The average molecular weight is 307 g/mol. The van der Waals surface area contributed by atoms with Crippen molar-refractivity contribution in [2.75, 3.05) is 25.0 Å². The number of urea groups is 1. The van der Waals surface area contributed by atoms with Gasteiger partial charge in [0.05, 0.1) is 0 Å². The summed E-state index contributed by atoms with van der Waals surface area (Å²) in [5.74, 6) is 0.625. The largest absolute Gasteiger partial charge is 0.323 e. The van der Waals surface area contributed by atoms with E-state index in [1.807, 2.05) is 41.3 Å². The predicted molar refractivity (Wildman–Crippen MR) is 91.2 cm³/mol. The number of nitrogens with zero attached hydrogens (tertiary/aromatic N) is 2. The summed E-state index contributed by atoms with van der Waals surface area (Å²) < 4.78 is 0. The molecule has 0 aromatic heterocycles. The number of carbonyl (C=O) groups is 1. The smallest absolute Gasteiger partial charge is 0.321 e. The molecule has 0 saturated carbocycles. The Morgan fingerprint density at radius 2 is 1.65 bits per heavy atom. The Hall–Kier alpha value is -2.33. The van der Waals surface area contributed by atoms with E-state index in [4.69, 9.17) is 0 Å². The molecular weight excluding hydrogens is 286 g/mol. The highest BCUT2D eigenvalue weighted by molar-refractivity contribution is 5.89. The number of carbonyl (C=O) groups excluding carboxylic acids is 1. The van der Waals surface area contributed by atoms with Crippen LogP contribution in [-0.2, 0) is 6.54 Å². The summed E-state index contributed by atoms with van der Waals surface area (Å²) in [6.45, 7) is 3.77. The first-order chi connectivity index (χ1) is 11.3. The van der Waals surface area contributed by atoms with E-state index in [1.165, 1.54) is 5.56 Å². The Bertz CT molecular complexity index is 674. The van der Waals surface area contributed by atoms with Gasteiger partial charge in [-0.15, -0.1) is 0 Å². The van der Waals surface area contributed by atoms with Gasteiger partial charge in [-0.2, -0.15) is 0 Å². The molecule has 0 bridgehead atoms. The summed E-state index contributed by atoms with van der Waals surface area (Å²) in [6, 6.07) is 20.7. The van der Waals surface area contributed by atoms with E-state index in [1.54, 1.807) is 0 Å². The predicted octanol–water partition coefficient (Wildman–Crippen LogP) is 3.03. The molecule has 0 spiro atoms. The van der Waals surface area contributed by atoms with E-state index in [0.29, 0.717) is 12.0 Å². The van der Waals surface area contributed by atoms with E-state index < -0.39 is 0 Å². The minimum Gasteiger partial charge on any atom is -0.323 e. The van der Waals surface area contributed by atoms with Gasteiger partial charge in [-0.1, -0.05) is 48.5 Å². The first-order valence-electron chi connectivity index (χ1n) is 8.18. The van der Waals surface area contributed by atoms with Gasteiger partial charge in [0.25, 0.3) is 0 Å². The second-order valence-corrected chi connectivity index (χ2v) is 6.44. The molecule has 2 amide bonds. The fourth-order valence-corrected chi connectivity index (χ4v) is 3.64. The maximum Gasteiger partial charge on any atom is 0.321 e. The number of hydrogen-bond donors (Lipinski definition) is 1. The lowest BCUT2D eigenvalue weighted by Crippen LogP contribution is -2.54. The molecule has 4 rings (SSSR count). The second kappa shape index (κ2) is 6.05. The number of amides is 2.